The lowest BCUT2D eigenvalue weighted by Gasteiger charge is -2.32. The second-order valence-corrected chi connectivity index (χ2v) is 13.6. The lowest BCUT2D eigenvalue weighted by molar-refractivity contribution is -0.135. The summed E-state index contributed by atoms with van der Waals surface area (Å²) in [5.74, 6) is -0.443. The fourth-order valence-corrected chi connectivity index (χ4v) is 5.70. The van der Waals surface area contributed by atoms with Crippen LogP contribution in [0, 0.1) is 11.6 Å². The highest BCUT2D eigenvalue weighted by molar-refractivity contribution is 6.30. The lowest BCUT2D eigenvalue weighted by Crippen LogP contribution is -2.52. The van der Waals surface area contributed by atoms with Crippen molar-refractivity contribution < 1.29 is 27.9 Å². The van der Waals surface area contributed by atoms with Gasteiger partial charge in [-0.25, -0.2) is 18.6 Å². The van der Waals surface area contributed by atoms with Crippen molar-refractivity contribution in [3.63, 3.8) is 0 Å². The molecule has 5 rings (SSSR count). The molecule has 0 unspecified atom stereocenters. The number of fused-ring (bicyclic) bond motifs is 1. The number of nitrogens with one attached hydrogen (secondary N) is 3. The molecular weight excluding hydrogens is 666 g/mol. The second-order valence-electron chi connectivity index (χ2n) is 13.2. The molecule has 2 heterocycles. The van der Waals surface area contributed by atoms with Crippen molar-refractivity contribution in [1.29, 1.82) is 0 Å². The van der Waals surface area contributed by atoms with E-state index < -0.39 is 29.4 Å². The van der Waals surface area contributed by atoms with Gasteiger partial charge in [-0.05, 0) is 75.2 Å². The van der Waals surface area contributed by atoms with Crippen LogP contribution in [0.5, 0.6) is 0 Å². The number of aromatic nitrogens is 2. The Morgan fingerprint density at radius 3 is 2.42 bits per heavy atom. The molecule has 1 aliphatic rings. The van der Waals surface area contributed by atoms with E-state index in [-0.39, 0.29) is 36.3 Å². The van der Waals surface area contributed by atoms with E-state index >= 15 is 0 Å². The number of hydrogen-bond acceptors (Lipinski definition) is 6. The number of carbonyl (C=O) groups is 3. The highest BCUT2D eigenvalue weighted by Gasteiger charge is 2.33. The van der Waals surface area contributed by atoms with Gasteiger partial charge in [0.15, 0.2) is 0 Å². The summed E-state index contributed by atoms with van der Waals surface area (Å²) < 4.78 is 36.0. The number of nitrogens with zero attached hydrogens (tertiary/aromatic N) is 3. The van der Waals surface area contributed by atoms with E-state index in [1.165, 1.54) is 24.3 Å². The maximum atomic E-state index is 14.3. The molecule has 0 radical (unpaired) electrons. The first-order chi connectivity index (χ1) is 23.8. The summed E-state index contributed by atoms with van der Waals surface area (Å²) >= 11 is 5.90. The Morgan fingerprint density at radius 2 is 1.74 bits per heavy atom. The van der Waals surface area contributed by atoms with E-state index in [1.807, 2.05) is 11.5 Å². The predicted molar refractivity (Wildman–Crippen MR) is 189 cm³/mol. The van der Waals surface area contributed by atoms with Gasteiger partial charge in [0.1, 0.15) is 40.6 Å². The summed E-state index contributed by atoms with van der Waals surface area (Å²) in [6, 6.07) is 16.5. The molecule has 0 fully saturated rings. The number of carbonyl (C=O) groups excluding carboxylic acids is 3. The van der Waals surface area contributed by atoms with Gasteiger partial charge in [0.2, 0.25) is 11.8 Å². The molecule has 1 aromatic heterocycles. The zero-order chi connectivity index (χ0) is 36.0. The summed E-state index contributed by atoms with van der Waals surface area (Å²) in [5, 5.41) is 8.83. The second kappa shape index (κ2) is 15.7. The average molecular weight is 707 g/mol. The summed E-state index contributed by atoms with van der Waals surface area (Å²) in [4.78, 5) is 45.7. The maximum Gasteiger partial charge on any atom is 0.408 e. The largest absolute Gasteiger partial charge is 0.444 e. The van der Waals surface area contributed by atoms with Crippen LogP contribution >= 0.6 is 11.6 Å². The number of imidazole rings is 1. The van der Waals surface area contributed by atoms with Crippen LogP contribution in [0.15, 0.2) is 66.7 Å². The van der Waals surface area contributed by atoms with Crippen molar-refractivity contribution >= 4 is 46.7 Å². The van der Waals surface area contributed by atoms with Crippen molar-refractivity contribution in [2.24, 2.45) is 0 Å². The van der Waals surface area contributed by atoms with Gasteiger partial charge in [0.25, 0.3) is 0 Å². The quantitative estimate of drug-likeness (QED) is 0.146. The standard InChI is InChI=1S/C37H41ClF2N6O4/c1-5-6-10-32(47)41-26-13-11-23(12-14-26)19-30(43-36(49)50-37(2,3)4)35(48)45-17-18-46-31(22-45)44-33(24-8-7-9-25(39)20-24)34(46)42-27-15-16-28(38)29(40)21-27/h7-9,11-16,20-21,30,42H,5-6,10,17-19,22H2,1-4H3,(H,41,47)(H,43,49)/t30-/m0/s1. The number of amides is 3. The topological polar surface area (TPSA) is 118 Å². The van der Waals surface area contributed by atoms with Gasteiger partial charge in [-0.2, -0.15) is 0 Å². The minimum atomic E-state index is -0.978. The van der Waals surface area contributed by atoms with E-state index in [2.05, 4.69) is 16.0 Å². The van der Waals surface area contributed by atoms with Gasteiger partial charge in [-0.15, -0.1) is 0 Å². The van der Waals surface area contributed by atoms with E-state index in [9.17, 15) is 23.2 Å². The first-order valence-electron chi connectivity index (χ1n) is 16.5. The highest BCUT2D eigenvalue weighted by atomic mass is 35.5. The lowest BCUT2D eigenvalue weighted by atomic mass is 10.0. The van der Waals surface area contributed by atoms with E-state index in [0.29, 0.717) is 47.2 Å². The van der Waals surface area contributed by atoms with Gasteiger partial charge in [0, 0.05) is 42.9 Å². The molecule has 10 nitrogen and oxygen atoms in total. The summed E-state index contributed by atoms with van der Waals surface area (Å²) in [6.45, 7) is 7.91. The van der Waals surface area contributed by atoms with Crippen molar-refractivity contribution in [3.8, 4) is 11.3 Å². The Morgan fingerprint density at radius 1 is 1.00 bits per heavy atom. The molecule has 3 aromatic carbocycles. The first-order valence-corrected chi connectivity index (χ1v) is 16.9. The number of benzene rings is 3. The fourth-order valence-electron chi connectivity index (χ4n) is 5.58. The van der Waals surface area contributed by atoms with Crippen LogP contribution < -0.4 is 16.0 Å². The van der Waals surface area contributed by atoms with Gasteiger partial charge in [-0.1, -0.05) is 49.2 Å². The molecule has 0 saturated carbocycles. The number of anilines is 3. The summed E-state index contributed by atoms with van der Waals surface area (Å²) in [5.41, 5.74) is 1.96. The van der Waals surface area contributed by atoms with Crippen molar-refractivity contribution in [3.05, 3.63) is 94.8 Å². The fraction of sp³-hybridized carbons (Fsp3) is 0.351. The number of hydrogen-bond donors (Lipinski definition) is 3. The zero-order valence-electron chi connectivity index (χ0n) is 28.5. The molecule has 0 saturated heterocycles. The van der Waals surface area contributed by atoms with Crippen molar-refractivity contribution in [2.75, 3.05) is 17.2 Å². The molecule has 50 heavy (non-hydrogen) atoms. The normalized spacial score (nSPS) is 13.3. The molecule has 4 aromatic rings. The number of ether oxygens (including phenoxy) is 1. The smallest absolute Gasteiger partial charge is 0.408 e. The molecule has 0 aliphatic carbocycles. The summed E-state index contributed by atoms with van der Waals surface area (Å²) in [7, 11) is 0. The highest BCUT2D eigenvalue weighted by Crippen LogP contribution is 2.34. The maximum absolute atomic E-state index is 14.3. The molecule has 13 heteroatoms. The van der Waals surface area contributed by atoms with Crippen LogP contribution in [0.1, 0.15) is 58.3 Å². The Balaban J connectivity index is 1.40. The Bertz CT molecular complexity index is 1860. The van der Waals surface area contributed by atoms with Crippen LogP contribution in [0.2, 0.25) is 5.02 Å². The number of alkyl carbamates (subject to hydrolysis) is 1. The Labute approximate surface area is 295 Å². The number of halogens is 3. The molecule has 0 spiro atoms. The third kappa shape index (κ3) is 9.38. The van der Waals surface area contributed by atoms with E-state index in [0.717, 1.165) is 18.4 Å². The molecule has 3 N–H and O–H groups in total. The molecule has 1 atom stereocenters. The SMILES string of the molecule is CCCCC(=O)Nc1ccc(C[C@H](NC(=O)OC(C)(C)C)C(=O)N2CCn3c(nc(-c4cccc(F)c4)c3Nc3ccc(Cl)c(F)c3)C2)cc1. The third-order valence-corrected chi connectivity index (χ3v) is 8.30. The number of rotatable bonds is 11. The molecule has 1 aliphatic heterocycles. The van der Waals surface area contributed by atoms with Crippen molar-refractivity contribution in [2.45, 2.75) is 78.1 Å². The molecule has 3 amide bonds. The Hall–Kier alpha value is -4.97. The molecular formula is C37H41ClF2N6O4. The van der Waals surface area contributed by atoms with Crippen molar-refractivity contribution in [1.82, 2.24) is 19.8 Å². The zero-order valence-corrected chi connectivity index (χ0v) is 29.2. The van der Waals surface area contributed by atoms with E-state index in [1.54, 1.807) is 68.1 Å². The van der Waals surface area contributed by atoms with Crippen LogP contribution in [0.4, 0.5) is 30.8 Å². The number of unbranched alkanes of at least 4 members (excludes halogenated alkanes) is 1. The van der Waals surface area contributed by atoms with Crippen LogP contribution in [0.25, 0.3) is 11.3 Å². The van der Waals surface area contributed by atoms with Gasteiger partial charge < -0.3 is 30.2 Å². The van der Waals surface area contributed by atoms with Crippen LogP contribution in [-0.2, 0) is 33.8 Å². The third-order valence-electron chi connectivity index (χ3n) is 7.99. The Kier molecular flexibility index (Phi) is 11.4. The minimum absolute atomic E-state index is 0.0231. The van der Waals surface area contributed by atoms with E-state index in [4.69, 9.17) is 21.3 Å². The van der Waals surface area contributed by atoms with Gasteiger partial charge >= 0.3 is 6.09 Å². The monoisotopic (exact) mass is 706 g/mol. The minimum Gasteiger partial charge on any atom is -0.444 e. The average Bonchev–Trinajstić information content (AvgIpc) is 3.42. The summed E-state index contributed by atoms with van der Waals surface area (Å²) in [6.07, 6.45) is 1.58. The molecule has 0 bridgehead atoms. The van der Waals surface area contributed by atoms with Gasteiger partial charge in [0.05, 0.1) is 11.6 Å². The van der Waals surface area contributed by atoms with Gasteiger partial charge in [-0.3, -0.25) is 9.59 Å². The first kappa shape index (κ1) is 36.3. The van der Waals surface area contributed by atoms with Crippen LogP contribution in [0.3, 0.4) is 0 Å². The predicted octanol–water partition coefficient (Wildman–Crippen LogP) is 7.83. The molecule has 264 valence electrons. The van der Waals surface area contributed by atoms with Crippen LogP contribution in [-0.4, -0.2) is 50.5 Å².